The lowest BCUT2D eigenvalue weighted by atomic mass is 10.1. The molecule has 1 aliphatic rings. The zero-order valence-corrected chi connectivity index (χ0v) is 7.44. The van der Waals surface area contributed by atoms with Gasteiger partial charge in [0.05, 0.1) is 13.2 Å². The Hall–Kier alpha value is -1.00. The molecule has 1 aromatic rings. The third-order valence-corrected chi connectivity index (χ3v) is 2.26. The Balaban J connectivity index is 2.18. The van der Waals surface area contributed by atoms with Gasteiger partial charge in [-0.25, -0.2) is 9.97 Å². The fourth-order valence-corrected chi connectivity index (χ4v) is 1.51. The van der Waals surface area contributed by atoms with Crippen molar-refractivity contribution >= 4 is 0 Å². The SMILES string of the molecule is NCc1nccc(C2CCOC2)n1. The summed E-state index contributed by atoms with van der Waals surface area (Å²) in [7, 11) is 0. The second-order valence-corrected chi connectivity index (χ2v) is 3.16. The zero-order valence-electron chi connectivity index (χ0n) is 7.44. The third-order valence-electron chi connectivity index (χ3n) is 2.26. The number of aromatic nitrogens is 2. The molecule has 1 atom stereocenters. The smallest absolute Gasteiger partial charge is 0.142 e. The van der Waals surface area contributed by atoms with Crippen LogP contribution >= 0.6 is 0 Å². The van der Waals surface area contributed by atoms with Crippen LogP contribution in [0.25, 0.3) is 0 Å². The summed E-state index contributed by atoms with van der Waals surface area (Å²) < 4.78 is 5.29. The lowest BCUT2D eigenvalue weighted by Gasteiger charge is -2.06. The average molecular weight is 179 g/mol. The molecule has 0 amide bonds. The van der Waals surface area contributed by atoms with Gasteiger partial charge in [0, 0.05) is 24.4 Å². The summed E-state index contributed by atoms with van der Waals surface area (Å²) in [6.07, 6.45) is 2.82. The van der Waals surface area contributed by atoms with Gasteiger partial charge in [0.1, 0.15) is 5.82 Å². The predicted octanol–water partition coefficient (Wildman–Crippen LogP) is 0.439. The molecule has 1 aromatic heterocycles. The molecule has 0 spiro atoms. The van der Waals surface area contributed by atoms with E-state index in [1.807, 2.05) is 6.07 Å². The van der Waals surface area contributed by atoms with Crippen molar-refractivity contribution < 1.29 is 4.74 Å². The number of nitrogens with two attached hydrogens (primary N) is 1. The van der Waals surface area contributed by atoms with Crippen molar-refractivity contribution in [1.82, 2.24) is 9.97 Å². The largest absolute Gasteiger partial charge is 0.381 e. The molecule has 1 unspecified atom stereocenters. The molecule has 13 heavy (non-hydrogen) atoms. The van der Waals surface area contributed by atoms with Gasteiger partial charge in [-0.2, -0.15) is 0 Å². The number of nitrogens with zero attached hydrogens (tertiary/aromatic N) is 2. The van der Waals surface area contributed by atoms with Crippen LogP contribution in [-0.2, 0) is 11.3 Å². The summed E-state index contributed by atoms with van der Waals surface area (Å²) in [5.74, 6) is 1.15. The maximum absolute atomic E-state index is 5.46. The van der Waals surface area contributed by atoms with Crippen molar-refractivity contribution in [3.8, 4) is 0 Å². The predicted molar refractivity (Wildman–Crippen MR) is 48.1 cm³/mol. The molecule has 2 heterocycles. The number of rotatable bonds is 2. The van der Waals surface area contributed by atoms with E-state index in [4.69, 9.17) is 10.5 Å². The maximum atomic E-state index is 5.46. The van der Waals surface area contributed by atoms with Gasteiger partial charge in [-0.05, 0) is 12.5 Å². The van der Waals surface area contributed by atoms with Crippen molar-refractivity contribution in [2.45, 2.75) is 18.9 Å². The summed E-state index contributed by atoms with van der Waals surface area (Å²) in [4.78, 5) is 8.41. The Kier molecular flexibility index (Phi) is 2.52. The summed E-state index contributed by atoms with van der Waals surface area (Å²) in [6.45, 7) is 2.02. The normalized spacial score (nSPS) is 22.1. The van der Waals surface area contributed by atoms with Crippen molar-refractivity contribution in [3.05, 3.63) is 23.8 Å². The summed E-state index contributed by atoms with van der Waals surface area (Å²) in [5, 5.41) is 0. The highest BCUT2D eigenvalue weighted by Crippen LogP contribution is 2.22. The molecule has 1 saturated heterocycles. The van der Waals surface area contributed by atoms with E-state index >= 15 is 0 Å². The molecule has 4 nitrogen and oxygen atoms in total. The number of hydrogen-bond donors (Lipinski definition) is 1. The summed E-state index contributed by atoms with van der Waals surface area (Å²) >= 11 is 0. The molecule has 0 aliphatic carbocycles. The molecule has 1 aliphatic heterocycles. The van der Waals surface area contributed by atoms with E-state index in [1.165, 1.54) is 0 Å². The van der Waals surface area contributed by atoms with E-state index in [0.29, 0.717) is 18.3 Å². The van der Waals surface area contributed by atoms with Crippen LogP contribution in [0.5, 0.6) is 0 Å². The van der Waals surface area contributed by atoms with Crippen LogP contribution in [-0.4, -0.2) is 23.2 Å². The van der Waals surface area contributed by atoms with Crippen molar-refractivity contribution in [1.29, 1.82) is 0 Å². The maximum Gasteiger partial charge on any atom is 0.142 e. The molecule has 2 N–H and O–H groups in total. The summed E-state index contributed by atoms with van der Waals surface area (Å²) in [6, 6.07) is 1.94. The third kappa shape index (κ3) is 1.84. The van der Waals surface area contributed by atoms with Crippen LogP contribution in [0.15, 0.2) is 12.3 Å². The zero-order chi connectivity index (χ0) is 9.10. The molecule has 0 radical (unpaired) electrons. The van der Waals surface area contributed by atoms with Gasteiger partial charge in [0.2, 0.25) is 0 Å². The molecule has 0 aromatic carbocycles. The highest BCUT2D eigenvalue weighted by atomic mass is 16.5. The quantitative estimate of drug-likeness (QED) is 0.715. The fourth-order valence-electron chi connectivity index (χ4n) is 1.51. The molecule has 70 valence electrons. The highest BCUT2D eigenvalue weighted by molar-refractivity contribution is 5.09. The van der Waals surface area contributed by atoms with E-state index in [0.717, 1.165) is 25.3 Å². The number of ether oxygens (including phenoxy) is 1. The Morgan fingerprint density at radius 2 is 2.54 bits per heavy atom. The van der Waals surface area contributed by atoms with Gasteiger partial charge >= 0.3 is 0 Å². The van der Waals surface area contributed by atoms with Gasteiger partial charge in [-0.3, -0.25) is 0 Å². The van der Waals surface area contributed by atoms with E-state index in [-0.39, 0.29) is 0 Å². The topological polar surface area (TPSA) is 61.0 Å². The van der Waals surface area contributed by atoms with E-state index in [9.17, 15) is 0 Å². The molecule has 1 fully saturated rings. The van der Waals surface area contributed by atoms with Gasteiger partial charge in [0.25, 0.3) is 0 Å². The van der Waals surface area contributed by atoms with Crippen molar-refractivity contribution in [3.63, 3.8) is 0 Å². The Morgan fingerprint density at radius 3 is 3.23 bits per heavy atom. The lowest BCUT2D eigenvalue weighted by Crippen LogP contribution is -2.07. The van der Waals surface area contributed by atoms with Crippen LogP contribution in [0, 0.1) is 0 Å². The molecular weight excluding hydrogens is 166 g/mol. The second kappa shape index (κ2) is 3.81. The first-order valence-corrected chi connectivity index (χ1v) is 4.50. The van der Waals surface area contributed by atoms with Crippen LogP contribution in [0.1, 0.15) is 23.9 Å². The Morgan fingerprint density at radius 1 is 1.62 bits per heavy atom. The highest BCUT2D eigenvalue weighted by Gasteiger charge is 2.18. The molecule has 0 saturated carbocycles. The standard InChI is InChI=1S/C9H13N3O/c10-5-9-11-3-1-8(12-9)7-2-4-13-6-7/h1,3,7H,2,4-6,10H2. The molecule has 0 bridgehead atoms. The van der Waals surface area contributed by atoms with Crippen LogP contribution in [0.3, 0.4) is 0 Å². The van der Waals surface area contributed by atoms with Crippen LogP contribution in [0.4, 0.5) is 0 Å². The summed E-state index contributed by atoms with van der Waals surface area (Å²) in [5.41, 5.74) is 6.52. The fraction of sp³-hybridized carbons (Fsp3) is 0.556. The molecule has 2 rings (SSSR count). The van der Waals surface area contributed by atoms with E-state index < -0.39 is 0 Å². The minimum Gasteiger partial charge on any atom is -0.381 e. The minimum atomic E-state index is 0.404. The minimum absolute atomic E-state index is 0.404. The van der Waals surface area contributed by atoms with Gasteiger partial charge in [0.15, 0.2) is 0 Å². The van der Waals surface area contributed by atoms with Crippen molar-refractivity contribution in [2.75, 3.05) is 13.2 Å². The Labute approximate surface area is 77.1 Å². The number of hydrogen-bond acceptors (Lipinski definition) is 4. The second-order valence-electron chi connectivity index (χ2n) is 3.16. The van der Waals surface area contributed by atoms with E-state index in [2.05, 4.69) is 9.97 Å². The average Bonchev–Trinajstić information content (AvgIpc) is 2.71. The first-order chi connectivity index (χ1) is 6.40. The molecule has 4 heteroatoms. The van der Waals surface area contributed by atoms with Gasteiger partial charge in [-0.15, -0.1) is 0 Å². The molecular formula is C9H13N3O. The van der Waals surface area contributed by atoms with Crippen LogP contribution in [0.2, 0.25) is 0 Å². The first-order valence-electron chi connectivity index (χ1n) is 4.50. The van der Waals surface area contributed by atoms with E-state index in [1.54, 1.807) is 6.20 Å². The monoisotopic (exact) mass is 179 g/mol. The van der Waals surface area contributed by atoms with Gasteiger partial charge in [-0.1, -0.05) is 0 Å². The first kappa shape index (κ1) is 8.59. The van der Waals surface area contributed by atoms with Crippen LogP contribution < -0.4 is 5.73 Å². The van der Waals surface area contributed by atoms with Gasteiger partial charge < -0.3 is 10.5 Å². The van der Waals surface area contributed by atoms with Crippen molar-refractivity contribution in [2.24, 2.45) is 5.73 Å². The lowest BCUT2D eigenvalue weighted by molar-refractivity contribution is 0.193. The Bertz CT molecular complexity index is 284.